The third kappa shape index (κ3) is 5.57. The SMILES string of the molecule is CCNC(=NCCN(CC)C1CC1)N(C)Cc1ncc(-c2ccccc2)[nH]1. The van der Waals surface area contributed by atoms with Crippen molar-refractivity contribution in [3.05, 3.63) is 42.4 Å². The predicted molar refractivity (Wildman–Crippen MR) is 112 cm³/mol. The molecule has 0 unspecified atom stereocenters. The second-order valence-electron chi connectivity index (χ2n) is 7.06. The first-order valence-corrected chi connectivity index (χ1v) is 10.0. The van der Waals surface area contributed by atoms with Crippen LogP contribution in [-0.4, -0.2) is 65.0 Å². The van der Waals surface area contributed by atoms with E-state index >= 15 is 0 Å². The lowest BCUT2D eigenvalue weighted by atomic mass is 10.2. The normalized spacial score (nSPS) is 14.6. The van der Waals surface area contributed by atoms with Crippen molar-refractivity contribution in [3.8, 4) is 11.3 Å². The highest BCUT2D eigenvalue weighted by atomic mass is 15.3. The molecule has 1 aromatic heterocycles. The van der Waals surface area contributed by atoms with Crippen LogP contribution in [0.2, 0.25) is 0 Å². The van der Waals surface area contributed by atoms with E-state index in [0.29, 0.717) is 6.54 Å². The standard InChI is InChI=1S/C21H32N6/c1-4-22-21(23-13-14-27(5-2)18-11-12-18)26(3)16-20-24-15-19(25-20)17-9-7-6-8-10-17/h6-10,15,18H,4-5,11-14,16H2,1-3H3,(H,22,23)(H,24,25). The fraction of sp³-hybridized carbons (Fsp3) is 0.524. The van der Waals surface area contributed by atoms with E-state index in [-0.39, 0.29) is 0 Å². The van der Waals surface area contributed by atoms with Crippen LogP contribution in [0.3, 0.4) is 0 Å². The summed E-state index contributed by atoms with van der Waals surface area (Å²) in [7, 11) is 2.06. The van der Waals surface area contributed by atoms with E-state index < -0.39 is 0 Å². The van der Waals surface area contributed by atoms with Crippen molar-refractivity contribution in [2.24, 2.45) is 4.99 Å². The van der Waals surface area contributed by atoms with Gasteiger partial charge in [-0.05, 0) is 31.9 Å². The molecule has 0 atom stereocenters. The number of aliphatic imine (C=N–C) groups is 1. The zero-order valence-corrected chi connectivity index (χ0v) is 16.8. The molecule has 2 N–H and O–H groups in total. The summed E-state index contributed by atoms with van der Waals surface area (Å²) < 4.78 is 0. The van der Waals surface area contributed by atoms with Crippen LogP contribution < -0.4 is 5.32 Å². The van der Waals surface area contributed by atoms with Gasteiger partial charge in [0.2, 0.25) is 0 Å². The van der Waals surface area contributed by atoms with Crippen LogP contribution in [0.15, 0.2) is 41.5 Å². The molecule has 1 aliphatic rings. The van der Waals surface area contributed by atoms with Gasteiger partial charge in [0, 0.05) is 26.2 Å². The molecular formula is C21H32N6. The van der Waals surface area contributed by atoms with Crippen LogP contribution in [0.25, 0.3) is 11.3 Å². The van der Waals surface area contributed by atoms with Gasteiger partial charge in [-0.1, -0.05) is 37.3 Å². The first kappa shape index (κ1) is 19.4. The molecule has 1 saturated carbocycles. The minimum absolute atomic E-state index is 0.693. The first-order chi connectivity index (χ1) is 13.2. The number of benzene rings is 1. The summed E-state index contributed by atoms with van der Waals surface area (Å²) in [6.07, 6.45) is 4.59. The highest BCUT2D eigenvalue weighted by Crippen LogP contribution is 2.26. The number of imidazole rings is 1. The van der Waals surface area contributed by atoms with Crippen molar-refractivity contribution in [1.29, 1.82) is 0 Å². The number of aromatic nitrogens is 2. The number of rotatable bonds is 9. The number of nitrogens with one attached hydrogen (secondary N) is 2. The molecule has 0 saturated heterocycles. The van der Waals surface area contributed by atoms with Gasteiger partial charge < -0.3 is 15.2 Å². The number of hydrogen-bond donors (Lipinski definition) is 2. The van der Waals surface area contributed by atoms with E-state index in [4.69, 9.17) is 4.99 Å². The lowest BCUT2D eigenvalue weighted by Crippen LogP contribution is -2.39. The van der Waals surface area contributed by atoms with Gasteiger partial charge in [-0.25, -0.2) is 4.98 Å². The van der Waals surface area contributed by atoms with Gasteiger partial charge in [0.05, 0.1) is 25.0 Å². The molecule has 27 heavy (non-hydrogen) atoms. The van der Waals surface area contributed by atoms with Gasteiger partial charge in [-0.2, -0.15) is 0 Å². The van der Waals surface area contributed by atoms with Crippen molar-refractivity contribution in [2.45, 2.75) is 39.3 Å². The average molecular weight is 369 g/mol. The van der Waals surface area contributed by atoms with Crippen molar-refractivity contribution < 1.29 is 0 Å². The molecule has 0 radical (unpaired) electrons. The minimum atomic E-state index is 0.693. The molecule has 146 valence electrons. The fourth-order valence-electron chi connectivity index (χ4n) is 3.30. The van der Waals surface area contributed by atoms with Gasteiger partial charge in [0.1, 0.15) is 5.82 Å². The average Bonchev–Trinajstić information content (AvgIpc) is 3.43. The molecule has 2 aromatic rings. The van der Waals surface area contributed by atoms with E-state index in [0.717, 1.165) is 55.3 Å². The molecule has 6 nitrogen and oxygen atoms in total. The van der Waals surface area contributed by atoms with Crippen molar-refractivity contribution in [2.75, 3.05) is 33.2 Å². The molecule has 3 rings (SSSR count). The Balaban J connectivity index is 1.58. The Hall–Kier alpha value is -2.34. The van der Waals surface area contributed by atoms with Crippen LogP contribution in [0.4, 0.5) is 0 Å². The number of guanidine groups is 1. The molecule has 1 aromatic carbocycles. The van der Waals surface area contributed by atoms with Crippen molar-refractivity contribution in [3.63, 3.8) is 0 Å². The summed E-state index contributed by atoms with van der Waals surface area (Å²) >= 11 is 0. The van der Waals surface area contributed by atoms with Gasteiger partial charge in [-0.3, -0.25) is 9.89 Å². The topological polar surface area (TPSA) is 59.6 Å². The van der Waals surface area contributed by atoms with E-state index in [1.54, 1.807) is 0 Å². The molecule has 0 aliphatic heterocycles. The van der Waals surface area contributed by atoms with Crippen LogP contribution in [0.1, 0.15) is 32.5 Å². The molecule has 0 bridgehead atoms. The lowest BCUT2D eigenvalue weighted by molar-refractivity contribution is 0.285. The summed E-state index contributed by atoms with van der Waals surface area (Å²) in [5, 5.41) is 3.39. The van der Waals surface area contributed by atoms with Gasteiger partial charge >= 0.3 is 0 Å². The van der Waals surface area contributed by atoms with Gasteiger partial charge in [0.15, 0.2) is 5.96 Å². The summed E-state index contributed by atoms with van der Waals surface area (Å²) in [6, 6.07) is 11.1. The molecule has 0 spiro atoms. The van der Waals surface area contributed by atoms with Crippen LogP contribution in [-0.2, 0) is 6.54 Å². The highest BCUT2D eigenvalue weighted by molar-refractivity contribution is 5.79. The van der Waals surface area contributed by atoms with Gasteiger partial charge in [-0.15, -0.1) is 0 Å². The lowest BCUT2D eigenvalue weighted by Gasteiger charge is -2.22. The minimum Gasteiger partial charge on any atom is -0.357 e. The number of likely N-dealkylation sites (N-methyl/N-ethyl adjacent to an activating group) is 1. The van der Waals surface area contributed by atoms with Crippen molar-refractivity contribution >= 4 is 5.96 Å². The summed E-state index contributed by atoms with van der Waals surface area (Å²) in [5.74, 6) is 1.87. The van der Waals surface area contributed by atoms with E-state index in [1.807, 2.05) is 24.4 Å². The summed E-state index contributed by atoms with van der Waals surface area (Å²) in [5.41, 5.74) is 2.20. The third-order valence-corrected chi connectivity index (χ3v) is 4.91. The van der Waals surface area contributed by atoms with Crippen LogP contribution in [0, 0.1) is 0 Å². The highest BCUT2D eigenvalue weighted by Gasteiger charge is 2.27. The number of H-pyrrole nitrogens is 1. The van der Waals surface area contributed by atoms with E-state index in [2.05, 4.69) is 58.1 Å². The molecule has 1 heterocycles. The zero-order valence-electron chi connectivity index (χ0n) is 16.8. The number of aromatic amines is 1. The molecular weight excluding hydrogens is 336 g/mol. The first-order valence-electron chi connectivity index (χ1n) is 10.0. The van der Waals surface area contributed by atoms with E-state index in [1.165, 1.54) is 12.8 Å². The third-order valence-electron chi connectivity index (χ3n) is 4.91. The maximum atomic E-state index is 4.82. The van der Waals surface area contributed by atoms with Gasteiger partial charge in [0.25, 0.3) is 0 Å². The Bertz CT molecular complexity index is 719. The predicted octanol–water partition coefficient (Wildman–Crippen LogP) is 2.96. The summed E-state index contributed by atoms with van der Waals surface area (Å²) in [6.45, 7) is 8.86. The fourth-order valence-corrected chi connectivity index (χ4v) is 3.30. The molecule has 1 aliphatic carbocycles. The molecule has 0 amide bonds. The quantitative estimate of drug-likeness (QED) is 0.528. The zero-order chi connectivity index (χ0) is 19.1. The largest absolute Gasteiger partial charge is 0.357 e. The summed E-state index contributed by atoms with van der Waals surface area (Å²) in [4.78, 5) is 17.4. The Morgan fingerprint density at radius 1 is 1.26 bits per heavy atom. The molecule has 1 fully saturated rings. The van der Waals surface area contributed by atoms with Crippen LogP contribution >= 0.6 is 0 Å². The second-order valence-corrected chi connectivity index (χ2v) is 7.06. The maximum Gasteiger partial charge on any atom is 0.194 e. The van der Waals surface area contributed by atoms with E-state index in [9.17, 15) is 0 Å². The molecule has 6 heteroatoms. The number of nitrogens with zero attached hydrogens (tertiary/aromatic N) is 4. The monoisotopic (exact) mass is 368 g/mol. The Kier molecular flexibility index (Phi) is 6.87. The second kappa shape index (κ2) is 9.55. The Morgan fingerprint density at radius 2 is 2.04 bits per heavy atom. The maximum absolute atomic E-state index is 4.82. The smallest absolute Gasteiger partial charge is 0.194 e. The number of hydrogen-bond acceptors (Lipinski definition) is 3. The van der Waals surface area contributed by atoms with Crippen molar-refractivity contribution in [1.82, 2.24) is 25.1 Å². The Morgan fingerprint density at radius 3 is 2.70 bits per heavy atom. The van der Waals surface area contributed by atoms with Crippen LogP contribution in [0.5, 0.6) is 0 Å². The Labute approximate surface area is 162 Å².